The van der Waals surface area contributed by atoms with Gasteiger partial charge in [-0.25, -0.2) is 0 Å². The van der Waals surface area contributed by atoms with Crippen LogP contribution in [0.15, 0.2) is 42.5 Å². The smallest absolute Gasteiger partial charge is 0.0774 e. The summed E-state index contributed by atoms with van der Waals surface area (Å²) in [6.07, 6.45) is 6.43. The highest BCUT2D eigenvalue weighted by molar-refractivity contribution is 5.89. The maximum absolute atomic E-state index is 9.85. The lowest BCUT2D eigenvalue weighted by Crippen LogP contribution is -2.13. The van der Waals surface area contributed by atoms with E-state index in [1.165, 1.54) is 34.7 Å². The highest BCUT2D eigenvalue weighted by Crippen LogP contribution is 2.50. The van der Waals surface area contributed by atoms with Crippen molar-refractivity contribution in [1.29, 1.82) is 0 Å². The number of benzene rings is 2. The number of hydrogen-bond acceptors (Lipinski definition) is 1. The second-order valence-electron chi connectivity index (χ2n) is 6.84. The summed E-state index contributed by atoms with van der Waals surface area (Å²) in [5.74, 6) is 0. The van der Waals surface area contributed by atoms with Gasteiger partial charge >= 0.3 is 0 Å². The lowest BCUT2D eigenvalue weighted by atomic mass is 9.90. The number of aliphatic hydroxyl groups is 1. The van der Waals surface area contributed by atoms with Crippen molar-refractivity contribution in [2.75, 3.05) is 0 Å². The molecule has 0 amide bonds. The number of rotatable bonds is 3. The van der Waals surface area contributed by atoms with Crippen molar-refractivity contribution in [3.8, 4) is 0 Å². The summed E-state index contributed by atoms with van der Waals surface area (Å²) in [7, 11) is 0. The predicted molar refractivity (Wildman–Crippen MR) is 85.9 cm³/mol. The van der Waals surface area contributed by atoms with Crippen LogP contribution in [0, 0.1) is 0 Å². The lowest BCUT2D eigenvalue weighted by molar-refractivity contribution is 0.134. The molecule has 0 radical (unpaired) electrons. The van der Waals surface area contributed by atoms with Gasteiger partial charge in [0.2, 0.25) is 0 Å². The minimum Gasteiger partial charge on any atom is -0.386 e. The summed E-state index contributed by atoms with van der Waals surface area (Å²) in [6.45, 7) is 5.94. The number of hydrogen-bond donors (Lipinski definition) is 1. The minimum atomic E-state index is -0.769. The van der Waals surface area contributed by atoms with Gasteiger partial charge in [-0.15, -0.1) is 0 Å². The van der Waals surface area contributed by atoms with E-state index in [1.54, 1.807) is 13.8 Å². The second-order valence-corrected chi connectivity index (χ2v) is 6.84. The van der Waals surface area contributed by atoms with E-state index in [9.17, 15) is 5.11 Å². The molecule has 1 nitrogen and oxygen atoms in total. The zero-order valence-corrected chi connectivity index (χ0v) is 12.5. The van der Waals surface area contributed by atoms with Crippen molar-refractivity contribution in [2.24, 2.45) is 0 Å². The Labute approximate surface area is 120 Å². The van der Waals surface area contributed by atoms with Crippen LogP contribution in [0.2, 0.25) is 0 Å². The molecule has 1 aliphatic rings. The molecule has 3 rings (SSSR count). The van der Waals surface area contributed by atoms with Gasteiger partial charge in [0.05, 0.1) is 5.60 Å². The molecular formula is C19H22O. The second kappa shape index (κ2) is 4.46. The summed E-state index contributed by atoms with van der Waals surface area (Å²) < 4.78 is 0. The van der Waals surface area contributed by atoms with Gasteiger partial charge in [0.15, 0.2) is 0 Å². The van der Waals surface area contributed by atoms with Crippen molar-refractivity contribution in [2.45, 2.75) is 44.6 Å². The summed E-state index contributed by atoms with van der Waals surface area (Å²) in [4.78, 5) is 0. The Bertz CT molecular complexity index is 670. The number of fused-ring (bicyclic) bond motifs is 1. The molecule has 0 atom stereocenters. The maximum Gasteiger partial charge on any atom is 0.0774 e. The molecule has 0 bridgehead atoms. The molecule has 2 aromatic rings. The molecular weight excluding hydrogens is 244 g/mol. The zero-order chi connectivity index (χ0) is 14.4. The zero-order valence-electron chi connectivity index (χ0n) is 12.5. The first-order valence-corrected chi connectivity index (χ1v) is 7.32. The molecule has 0 saturated heterocycles. The van der Waals surface area contributed by atoms with Crippen LogP contribution in [0.1, 0.15) is 44.7 Å². The summed E-state index contributed by atoms with van der Waals surface area (Å²) in [6, 6.07) is 13.1. The van der Waals surface area contributed by atoms with E-state index in [0.717, 1.165) is 0 Å². The third kappa shape index (κ3) is 2.64. The Morgan fingerprint density at radius 1 is 1.15 bits per heavy atom. The molecule has 0 aromatic heterocycles. The van der Waals surface area contributed by atoms with Crippen LogP contribution in [0.5, 0.6) is 0 Å². The van der Waals surface area contributed by atoms with Crippen molar-refractivity contribution < 1.29 is 5.11 Å². The summed E-state index contributed by atoms with van der Waals surface area (Å²) in [5.41, 5.74) is 2.20. The first-order valence-electron chi connectivity index (χ1n) is 7.32. The Hall–Kier alpha value is -1.60. The van der Waals surface area contributed by atoms with Crippen LogP contribution in [-0.4, -0.2) is 10.7 Å². The van der Waals surface area contributed by atoms with E-state index in [2.05, 4.69) is 43.3 Å². The molecule has 1 N–H and O–H groups in total. The maximum atomic E-state index is 9.85. The van der Waals surface area contributed by atoms with Gasteiger partial charge in [0.1, 0.15) is 0 Å². The Morgan fingerprint density at radius 2 is 1.85 bits per heavy atom. The van der Waals surface area contributed by atoms with Gasteiger partial charge in [0, 0.05) is 0 Å². The van der Waals surface area contributed by atoms with Crippen LogP contribution in [0.4, 0.5) is 0 Å². The van der Waals surface area contributed by atoms with E-state index in [4.69, 9.17) is 0 Å². The molecule has 1 heteroatoms. The fraction of sp³-hybridized carbons (Fsp3) is 0.368. The standard InChI is InChI=1S/C19H22O/c1-18(2,20)9-8-14-12-15-6-4-5-7-16(15)17(13-14)19(3)10-11-19/h4-9,12-13,20H,10-11H2,1-3H3/b9-8+. The topological polar surface area (TPSA) is 20.2 Å². The summed E-state index contributed by atoms with van der Waals surface area (Å²) >= 11 is 0. The van der Waals surface area contributed by atoms with Gasteiger partial charge in [-0.05, 0) is 60.1 Å². The van der Waals surface area contributed by atoms with Crippen molar-refractivity contribution in [3.63, 3.8) is 0 Å². The van der Waals surface area contributed by atoms with E-state index < -0.39 is 5.60 Å². The third-order valence-electron chi connectivity index (χ3n) is 4.22. The Kier molecular flexibility index (Phi) is 2.98. The normalized spacial score (nSPS) is 17.8. The molecule has 0 spiro atoms. The predicted octanol–water partition coefficient (Wildman–Crippen LogP) is 4.68. The highest BCUT2D eigenvalue weighted by Gasteiger charge is 2.40. The molecule has 0 aliphatic heterocycles. The van der Waals surface area contributed by atoms with E-state index in [1.807, 2.05) is 12.2 Å². The Balaban J connectivity index is 2.13. The Morgan fingerprint density at radius 3 is 2.50 bits per heavy atom. The van der Waals surface area contributed by atoms with Gasteiger partial charge < -0.3 is 5.11 Å². The van der Waals surface area contributed by atoms with E-state index in [0.29, 0.717) is 5.41 Å². The lowest BCUT2D eigenvalue weighted by Gasteiger charge is -2.15. The average molecular weight is 266 g/mol. The molecule has 1 fully saturated rings. The quantitative estimate of drug-likeness (QED) is 0.855. The van der Waals surface area contributed by atoms with Crippen LogP contribution in [-0.2, 0) is 5.41 Å². The SMILES string of the molecule is CC(C)(O)/C=C/c1cc(C2(C)CC2)c2ccccc2c1. The monoisotopic (exact) mass is 266 g/mol. The van der Waals surface area contributed by atoms with Crippen molar-refractivity contribution >= 4 is 16.8 Å². The fourth-order valence-corrected chi connectivity index (χ4v) is 2.69. The molecule has 104 valence electrons. The van der Waals surface area contributed by atoms with Gasteiger partial charge in [-0.3, -0.25) is 0 Å². The average Bonchev–Trinajstić information content (AvgIpc) is 3.14. The molecule has 0 heterocycles. The highest BCUT2D eigenvalue weighted by atomic mass is 16.3. The van der Waals surface area contributed by atoms with Crippen molar-refractivity contribution in [1.82, 2.24) is 0 Å². The molecule has 20 heavy (non-hydrogen) atoms. The molecule has 1 saturated carbocycles. The van der Waals surface area contributed by atoms with Crippen LogP contribution >= 0.6 is 0 Å². The summed E-state index contributed by atoms with van der Waals surface area (Å²) in [5, 5.41) is 12.5. The first kappa shape index (κ1) is 13.4. The van der Waals surface area contributed by atoms with Crippen LogP contribution < -0.4 is 0 Å². The van der Waals surface area contributed by atoms with Crippen molar-refractivity contribution in [3.05, 3.63) is 53.6 Å². The fourth-order valence-electron chi connectivity index (χ4n) is 2.69. The van der Waals surface area contributed by atoms with Gasteiger partial charge in [-0.2, -0.15) is 0 Å². The van der Waals surface area contributed by atoms with E-state index >= 15 is 0 Å². The van der Waals surface area contributed by atoms with Gasteiger partial charge in [0.25, 0.3) is 0 Å². The third-order valence-corrected chi connectivity index (χ3v) is 4.22. The minimum absolute atomic E-state index is 0.345. The van der Waals surface area contributed by atoms with Gasteiger partial charge in [-0.1, -0.05) is 49.4 Å². The van der Waals surface area contributed by atoms with Crippen LogP contribution in [0.3, 0.4) is 0 Å². The van der Waals surface area contributed by atoms with E-state index in [-0.39, 0.29) is 0 Å². The molecule has 0 unspecified atom stereocenters. The molecule has 1 aliphatic carbocycles. The first-order chi connectivity index (χ1) is 9.37. The van der Waals surface area contributed by atoms with Crippen LogP contribution in [0.25, 0.3) is 16.8 Å². The molecule has 2 aromatic carbocycles. The largest absolute Gasteiger partial charge is 0.386 e.